The summed E-state index contributed by atoms with van der Waals surface area (Å²) in [6, 6.07) is 14.8. The van der Waals surface area contributed by atoms with Crippen LogP contribution in [0.25, 0.3) is 0 Å². The highest BCUT2D eigenvalue weighted by molar-refractivity contribution is 7.89. The fraction of sp³-hybridized carbons (Fsp3) is 0.581. The number of carbonyl (C=O) groups is 1. The summed E-state index contributed by atoms with van der Waals surface area (Å²) in [6.07, 6.45) is -0.221. The van der Waals surface area contributed by atoms with Crippen molar-refractivity contribution in [3.05, 3.63) is 60.2 Å². The zero-order valence-electron chi connectivity index (χ0n) is 24.4. The Morgan fingerprint density at radius 1 is 1.02 bits per heavy atom. The molecule has 6 rings (SSSR count). The Balaban J connectivity index is 1.33. The number of nitrogens with one attached hydrogen (secondary N) is 1. The number of benzene rings is 2. The van der Waals surface area contributed by atoms with Crippen molar-refractivity contribution in [2.75, 3.05) is 33.4 Å². The number of carbonyl (C=O) groups excluding carboxylic acids is 1. The molecular formula is C31H42N2O8S. The summed E-state index contributed by atoms with van der Waals surface area (Å²) in [5, 5.41) is 14.4. The highest BCUT2D eigenvalue weighted by Gasteiger charge is 2.52. The monoisotopic (exact) mass is 602 g/mol. The van der Waals surface area contributed by atoms with Gasteiger partial charge in [-0.05, 0) is 55.0 Å². The second-order valence-electron chi connectivity index (χ2n) is 12.0. The lowest BCUT2D eigenvalue weighted by molar-refractivity contribution is -0.135. The molecule has 2 N–H and O–H groups in total. The van der Waals surface area contributed by atoms with E-state index in [2.05, 4.69) is 5.32 Å². The van der Waals surface area contributed by atoms with Crippen LogP contribution in [0.1, 0.15) is 32.3 Å². The molecule has 230 valence electrons. The van der Waals surface area contributed by atoms with Crippen LogP contribution in [-0.4, -0.2) is 81.9 Å². The molecule has 10 nitrogen and oxygen atoms in total. The summed E-state index contributed by atoms with van der Waals surface area (Å²) < 4.78 is 51.6. The molecular weight excluding hydrogens is 560 g/mol. The van der Waals surface area contributed by atoms with Gasteiger partial charge in [0.25, 0.3) is 0 Å². The molecule has 1 amide bonds. The molecule has 2 aromatic rings. The van der Waals surface area contributed by atoms with Gasteiger partial charge < -0.3 is 29.4 Å². The Kier molecular flexibility index (Phi) is 9.74. The molecule has 7 unspecified atom stereocenters. The van der Waals surface area contributed by atoms with E-state index in [1.807, 2.05) is 44.2 Å². The van der Waals surface area contributed by atoms with Crippen LogP contribution in [-0.2, 0) is 30.7 Å². The number of aliphatic hydroxyl groups excluding tert-OH is 1. The Morgan fingerprint density at radius 2 is 1.74 bits per heavy atom. The van der Waals surface area contributed by atoms with Gasteiger partial charge in [-0.3, -0.25) is 0 Å². The van der Waals surface area contributed by atoms with Crippen molar-refractivity contribution < 1.29 is 37.3 Å². The lowest BCUT2D eigenvalue weighted by atomic mass is 9.74. The second kappa shape index (κ2) is 13.3. The van der Waals surface area contributed by atoms with Gasteiger partial charge in [0.2, 0.25) is 10.0 Å². The van der Waals surface area contributed by atoms with Crippen LogP contribution in [0.2, 0.25) is 0 Å². The number of hydrogen-bond donors (Lipinski definition) is 2. The van der Waals surface area contributed by atoms with Crippen LogP contribution >= 0.6 is 0 Å². The summed E-state index contributed by atoms with van der Waals surface area (Å²) in [5.74, 6) is 0.930. The van der Waals surface area contributed by atoms with Crippen molar-refractivity contribution in [1.82, 2.24) is 9.62 Å². The normalized spacial score (nSPS) is 26.6. The predicted molar refractivity (Wildman–Crippen MR) is 155 cm³/mol. The van der Waals surface area contributed by atoms with E-state index in [0.29, 0.717) is 25.4 Å². The third kappa shape index (κ3) is 6.92. The SMILES string of the molecule is COc1ccc(S(=O)(=O)N(CC(C)C)CC(O)C(Cc2ccccc2)NC(=O)OC2C3CCC4C(OC3)OCC42)cc1. The predicted octanol–water partition coefficient (Wildman–Crippen LogP) is 3.44. The van der Waals surface area contributed by atoms with Crippen molar-refractivity contribution in [3.63, 3.8) is 0 Å². The average Bonchev–Trinajstić information content (AvgIpc) is 3.21. The van der Waals surface area contributed by atoms with Crippen molar-refractivity contribution in [2.45, 2.75) is 62.5 Å². The van der Waals surface area contributed by atoms with Gasteiger partial charge in [-0.25, -0.2) is 13.2 Å². The third-order valence-electron chi connectivity index (χ3n) is 8.55. The first kappa shape index (κ1) is 30.7. The summed E-state index contributed by atoms with van der Waals surface area (Å²) in [7, 11) is -2.43. The topological polar surface area (TPSA) is 124 Å². The number of ether oxygens (including phenoxy) is 4. The number of hydrogen-bond acceptors (Lipinski definition) is 8. The fourth-order valence-corrected chi connectivity index (χ4v) is 8.01. The molecule has 4 bridgehead atoms. The second-order valence-corrected chi connectivity index (χ2v) is 13.9. The first-order chi connectivity index (χ1) is 20.2. The molecule has 3 heterocycles. The molecule has 0 spiro atoms. The van der Waals surface area contributed by atoms with Gasteiger partial charge in [-0.15, -0.1) is 0 Å². The molecule has 4 aliphatic rings. The molecule has 0 radical (unpaired) electrons. The van der Waals surface area contributed by atoms with Crippen molar-refractivity contribution >= 4 is 16.1 Å². The number of amides is 1. The van der Waals surface area contributed by atoms with Crippen LogP contribution in [0, 0.1) is 23.7 Å². The summed E-state index contributed by atoms with van der Waals surface area (Å²) >= 11 is 0. The number of fused-ring (bicyclic) bond motifs is 2. The zero-order valence-corrected chi connectivity index (χ0v) is 25.2. The molecule has 42 heavy (non-hydrogen) atoms. The van der Waals surface area contributed by atoms with Gasteiger partial charge in [-0.1, -0.05) is 44.2 Å². The minimum Gasteiger partial charge on any atom is -0.497 e. The highest BCUT2D eigenvalue weighted by atomic mass is 32.2. The Hall–Kier alpha value is -2.70. The molecule has 3 aliphatic heterocycles. The van der Waals surface area contributed by atoms with Crippen LogP contribution in [0.5, 0.6) is 5.75 Å². The maximum atomic E-state index is 13.7. The zero-order chi connectivity index (χ0) is 29.9. The Bertz CT molecular complexity index is 1290. The van der Waals surface area contributed by atoms with Crippen molar-refractivity contribution in [3.8, 4) is 5.75 Å². The largest absolute Gasteiger partial charge is 0.497 e. The molecule has 3 saturated heterocycles. The number of rotatable bonds is 12. The molecule has 2 aromatic carbocycles. The van der Waals surface area contributed by atoms with E-state index < -0.39 is 28.3 Å². The minimum absolute atomic E-state index is 0.000977. The lowest BCUT2D eigenvalue weighted by Gasteiger charge is -2.36. The highest BCUT2D eigenvalue weighted by Crippen LogP contribution is 2.46. The smallest absolute Gasteiger partial charge is 0.407 e. The fourth-order valence-electron chi connectivity index (χ4n) is 6.39. The van der Waals surface area contributed by atoms with Crippen LogP contribution in [0.15, 0.2) is 59.5 Å². The molecule has 4 fully saturated rings. The first-order valence-electron chi connectivity index (χ1n) is 14.7. The summed E-state index contributed by atoms with van der Waals surface area (Å²) in [4.78, 5) is 13.5. The Morgan fingerprint density at radius 3 is 2.43 bits per heavy atom. The first-order valence-corrected chi connectivity index (χ1v) is 16.2. The van der Waals surface area contributed by atoms with Crippen molar-refractivity contribution in [1.29, 1.82) is 0 Å². The number of methoxy groups -OCH3 is 1. The standard InChI is InChI=1S/C31H42N2O8S/c1-20(2)16-33(42(36,37)24-12-10-23(38-3)11-13-24)17-28(34)27(15-21-7-5-4-6-8-21)32-31(35)41-29-22-9-14-25-26(29)19-40-30(25)39-18-22/h4-8,10-13,20,22,25-30,34H,9,14-19H2,1-3H3,(H,32,35). The van der Waals surface area contributed by atoms with E-state index in [1.165, 1.54) is 23.5 Å². The van der Waals surface area contributed by atoms with E-state index in [0.717, 1.165) is 18.4 Å². The molecule has 0 aromatic heterocycles. The van der Waals surface area contributed by atoms with E-state index in [-0.39, 0.29) is 54.1 Å². The molecule has 1 saturated carbocycles. The van der Waals surface area contributed by atoms with Crippen LogP contribution in [0.4, 0.5) is 4.79 Å². The number of aliphatic hydroxyl groups is 1. The van der Waals surface area contributed by atoms with Crippen LogP contribution in [0.3, 0.4) is 0 Å². The van der Waals surface area contributed by atoms with Gasteiger partial charge in [0.05, 0.1) is 37.4 Å². The summed E-state index contributed by atoms with van der Waals surface area (Å²) in [6.45, 7) is 4.81. The van der Waals surface area contributed by atoms with Gasteiger partial charge in [0.15, 0.2) is 6.29 Å². The number of sulfonamides is 1. The minimum atomic E-state index is -3.94. The maximum absolute atomic E-state index is 13.7. The van der Waals surface area contributed by atoms with E-state index >= 15 is 0 Å². The Labute approximate surface area is 248 Å². The van der Waals surface area contributed by atoms with Gasteiger partial charge >= 0.3 is 6.09 Å². The quantitative estimate of drug-likeness (QED) is 0.379. The molecule has 1 aliphatic carbocycles. The number of alkyl carbamates (subject to hydrolysis) is 1. The molecule has 11 heteroatoms. The van der Waals surface area contributed by atoms with Gasteiger partial charge in [-0.2, -0.15) is 4.31 Å². The molecule has 7 atom stereocenters. The summed E-state index contributed by atoms with van der Waals surface area (Å²) in [5.41, 5.74) is 0.893. The third-order valence-corrected chi connectivity index (χ3v) is 10.4. The van der Waals surface area contributed by atoms with Crippen molar-refractivity contribution in [2.24, 2.45) is 23.7 Å². The van der Waals surface area contributed by atoms with Gasteiger partial charge in [0.1, 0.15) is 11.9 Å². The van der Waals surface area contributed by atoms with E-state index in [9.17, 15) is 18.3 Å². The van der Waals surface area contributed by atoms with Gasteiger partial charge in [0, 0.05) is 30.8 Å². The maximum Gasteiger partial charge on any atom is 0.407 e. The number of nitrogens with zero attached hydrogens (tertiary/aromatic N) is 1. The van der Waals surface area contributed by atoms with E-state index in [4.69, 9.17) is 18.9 Å². The lowest BCUT2D eigenvalue weighted by Crippen LogP contribution is -2.52. The van der Waals surface area contributed by atoms with Crippen LogP contribution < -0.4 is 10.1 Å². The average molecular weight is 603 g/mol. The van der Waals surface area contributed by atoms with E-state index in [1.54, 1.807) is 12.1 Å².